The maximum absolute atomic E-state index is 11.6. The van der Waals surface area contributed by atoms with Gasteiger partial charge in [-0.15, -0.1) is 0 Å². The summed E-state index contributed by atoms with van der Waals surface area (Å²) in [5.74, 6) is 0.217. The average Bonchev–Trinajstić information content (AvgIpc) is 2.42. The number of hydrogen-bond donors (Lipinski definition) is 2. The van der Waals surface area contributed by atoms with Gasteiger partial charge in [0.2, 0.25) is 5.91 Å². The molecule has 5 heteroatoms. The monoisotopic (exact) mass is 295 g/mol. The van der Waals surface area contributed by atoms with E-state index in [4.69, 9.17) is 5.11 Å². The molecule has 4 nitrogen and oxygen atoms in total. The van der Waals surface area contributed by atoms with E-state index < -0.39 is 11.4 Å². The first-order valence-electron chi connectivity index (χ1n) is 6.53. The van der Waals surface area contributed by atoms with Crippen molar-refractivity contribution in [2.24, 2.45) is 5.41 Å². The van der Waals surface area contributed by atoms with Crippen LogP contribution in [0.4, 0.5) is 0 Å². The molecule has 1 aromatic carbocycles. The SMILES string of the molecule is CC(C)(CNC(=O)CSCCc1ccccc1)C(=O)O. The van der Waals surface area contributed by atoms with Gasteiger partial charge in [-0.1, -0.05) is 30.3 Å². The van der Waals surface area contributed by atoms with Gasteiger partial charge in [0.05, 0.1) is 11.2 Å². The van der Waals surface area contributed by atoms with Crippen LogP contribution in [0.15, 0.2) is 30.3 Å². The van der Waals surface area contributed by atoms with Crippen LogP contribution in [0.5, 0.6) is 0 Å². The van der Waals surface area contributed by atoms with Gasteiger partial charge in [-0.3, -0.25) is 9.59 Å². The molecular formula is C15H21NO3S. The van der Waals surface area contributed by atoms with Crippen molar-refractivity contribution in [1.82, 2.24) is 5.32 Å². The summed E-state index contributed by atoms with van der Waals surface area (Å²) >= 11 is 1.56. The number of aryl methyl sites for hydroxylation is 1. The molecule has 0 bridgehead atoms. The molecule has 0 fully saturated rings. The van der Waals surface area contributed by atoms with E-state index in [-0.39, 0.29) is 12.5 Å². The van der Waals surface area contributed by atoms with E-state index in [0.717, 1.165) is 12.2 Å². The molecule has 1 rings (SSSR count). The molecule has 20 heavy (non-hydrogen) atoms. The molecule has 0 saturated carbocycles. The van der Waals surface area contributed by atoms with Crippen molar-refractivity contribution in [3.05, 3.63) is 35.9 Å². The Balaban J connectivity index is 2.16. The summed E-state index contributed by atoms with van der Waals surface area (Å²) in [7, 11) is 0. The zero-order valence-corrected chi connectivity index (χ0v) is 12.7. The van der Waals surface area contributed by atoms with E-state index in [1.165, 1.54) is 5.56 Å². The minimum absolute atomic E-state index is 0.114. The Labute approximate surface area is 124 Å². The highest BCUT2D eigenvalue weighted by atomic mass is 32.2. The van der Waals surface area contributed by atoms with E-state index in [1.807, 2.05) is 18.2 Å². The van der Waals surface area contributed by atoms with Gasteiger partial charge < -0.3 is 10.4 Å². The number of carboxylic acid groups (broad SMARTS) is 1. The Morgan fingerprint density at radius 1 is 1.25 bits per heavy atom. The molecule has 1 amide bonds. The lowest BCUT2D eigenvalue weighted by molar-refractivity contribution is -0.146. The molecule has 0 atom stereocenters. The van der Waals surface area contributed by atoms with E-state index in [1.54, 1.807) is 25.6 Å². The summed E-state index contributed by atoms with van der Waals surface area (Å²) in [6.07, 6.45) is 0.930. The second-order valence-electron chi connectivity index (χ2n) is 5.25. The normalized spacial score (nSPS) is 11.1. The molecule has 0 aromatic heterocycles. The number of carbonyl (C=O) groups excluding carboxylic acids is 1. The number of nitrogens with one attached hydrogen (secondary N) is 1. The van der Waals surface area contributed by atoms with Crippen molar-refractivity contribution in [3.63, 3.8) is 0 Å². The molecule has 0 saturated heterocycles. The number of amides is 1. The van der Waals surface area contributed by atoms with Crippen LogP contribution in [0, 0.1) is 5.41 Å². The second-order valence-corrected chi connectivity index (χ2v) is 6.36. The quantitative estimate of drug-likeness (QED) is 0.722. The summed E-state index contributed by atoms with van der Waals surface area (Å²) < 4.78 is 0. The number of benzene rings is 1. The largest absolute Gasteiger partial charge is 0.481 e. The smallest absolute Gasteiger partial charge is 0.310 e. The van der Waals surface area contributed by atoms with E-state index in [0.29, 0.717) is 5.75 Å². The van der Waals surface area contributed by atoms with Crippen LogP contribution in [-0.4, -0.2) is 35.0 Å². The highest BCUT2D eigenvalue weighted by molar-refractivity contribution is 7.99. The molecule has 0 unspecified atom stereocenters. The second kappa shape index (κ2) is 7.94. The standard InChI is InChI=1S/C15H21NO3S/c1-15(2,14(18)19)11-16-13(17)10-20-9-8-12-6-4-3-5-7-12/h3-7H,8-11H2,1-2H3,(H,16,17)(H,18,19). The first-order chi connectivity index (χ1) is 9.42. The first-order valence-corrected chi connectivity index (χ1v) is 7.69. The molecule has 1 aromatic rings. The number of carboxylic acids is 1. The molecule has 0 aliphatic rings. The molecule has 0 heterocycles. The summed E-state index contributed by atoms with van der Waals surface area (Å²) in [5.41, 5.74) is 0.331. The number of aliphatic carboxylic acids is 1. The summed E-state index contributed by atoms with van der Waals surface area (Å²) in [6, 6.07) is 10.1. The predicted molar refractivity (Wildman–Crippen MR) is 81.9 cm³/mol. The predicted octanol–water partition coefficient (Wildman–Crippen LogP) is 2.19. The van der Waals surface area contributed by atoms with E-state index >= 15 is 0 Å². The Morgan fingerprint density at radius 3 is 2.50 bits per heavy atom. The fourth-order valence-corrected chi connectivity index (χ4v) is 2.26. The van der Waals surface area contributed by atoms with Crippen LogP contribution < -0.4 is 5.32 Å². The summed E-state index contributed by atoms with van der Waals surface area (Å²) in [5, 5.41) is 11.6. The van der Waals surface area contributed by atoms with Gasteiger partial charge in [0.25, 0.3) is 0 Å². The van der Waals surface area contributed by atoms with Crippen LogP contribution >= 0.6 is 11.8 Å². The van der Waals surface area contributed by atoms with Crippen molar-refractivity contribution >= 4 is 23.6 Å². The number of rotatable bonds is 8. The Bertz CT molecular complexity index is 446. The summed E-state index contributed by atoms with van der Waals surface area (Å²) in [4.78, 5) is 22.5. The highest BCUT2D eigenvalue weighted by Gasteiger charge is 2.27. The molecule has 0 aliphatic carbocycles. The van der Waals surface area contributed by atoms with Crippen LogP contribution in [-0.2, 0) is 16.0 Å². The van der Waals surface area contributed by atoms with Crippen LogP contribution in [0.3, 0.4) is 0 Å². The van der Waals surface area contributed by atoms with Gasteiger partial charge in [-0.25, -0.2) is 0 Å². The molecule has 0 spiro atoms. The van der Waals surface area contributed by atoms with E-state index in [2.05, 4.69) is 17.4 Å². The van der Waals surface area contributed by atoms with Gasteiger partial charge in [0.15, 0.2) is 0 Å². The Hall–Kier alpha value is -1.49. The molecule has 0 radical (unpaired) electrons. The number of carbonyl (C=O) groups is 2. The zero-order chi connectivity index (χ0) is 15.0. The highest BCUT2D eigenvalue weighted by Crippen LogP contribution is 2.13. The minimum Gasteiger partial charge on any atom is -0.481 e. The maximum atomic E-state index is 11.6. The fourth-order valence-electron chi connectivity index (χ4n) is 1.45. The van der Waals surface area contributed by atoms with Crippen molar-refractivity contribution in [2.45, 2.75) is 20.3 Å². The number of hydrogen-bond acceptors (Lipinski definition) is 3. The van der Waals surface area contributed by atoms with Gasteiger partial charge in [0.1, 0.15) is 0 Å². The Kier molecular flexibility index (Phi) is 6.58. The van der Waals surface area contributed by atoms with Gasteiger partial charge >= 0.3 is 5.97 Å². The van der Waals surface area contributed by atoms with E-state index in [9.17, 15) is 9.59 Å². The maximum Gasteiger partial charge on any atom is 0.310 e. The van der Waals surface area contributed by atoms with Crippen LogP contribution in [0.1, 0.15) is 19.4 Å². The molecule has 110 valence electrons. The topological polar surface area (TPSA) is 66.4 Å². The third-order valence-electron chi connectivity index (χ3n) is 2.92. The number of thioether (sulfide) groups is 1. The lowest BCUT2D eigenvalue weighted by atomic mass is 9.94. The van der Waals surface area contributed by atoms with Crippen LogP contribution in [0.25, 0.3) is 0 Å². The fraction of sp³-hybridized carbons (Fsp3) is 0.467. The first kappa shape index (κ1) is 16.6. The van der Waals surface area contributed by atoms with Crippen LogP contribution in [0.2, 0.25) is 0 Å². The summed E-state index contributed by atoms with van der Waals surface area (Å²) in [6.45, 7) is 3.34. The van der Waals surface area contributed by atoms with Gasteiger partial charge in [0, 0.05) is 6.54 Å². The molecule has 0 aliphatic heterocycles. The third-order valence-corrected chi connectivity index (χ3v) is 3.88. The van der Waals surface area contributed by atoms with Crippen molar-refractivity contribution in [1.29, 1.82) is 0 Å². The van der Waals surface area contributed by atoms with Crippen molar-refractivity contribution < 1.29 is 14.7 Å². The van der Waals surface area contributed by atoms with Crippen molar-refractivity contribution in [2.75, 3.05) is 18.1 Å². The zero-order valence-electron chi connectivity index (χ0n) is 11.9. The Morgan fingerprint density at radius 2 is 1.90 bits per heavy atom. The average molecular weight is 295 g/mol. The third kappa shape index (κ3) is 6.10. The van der Waals surface area contributed by atoms with Crippen molar-refractivity contribution in [3.8, 4) is 0 Å². The molecular weight excluding hydrogens is 274 g/mol. The lowest BCUT2D eigenvalue weighted by Crippen LogP contribution is -2.39. The van der Waals surface area contributed by atoms with Gasteiger partial charge in [-0.2, -0.15) is 11.8 Å². The lowest BCUT2D eigenvalue weighted by Gasteiger charge is -2.19. The molecule has 2 N–H and O–H groups in total. The van der Waals surface area contributed by atoms with Gasteiger partial charge in [-0.05, 0) is 31.6 Å². The minimum atomic E-state index is -0.926.